The number of allylic oxidation sites excluding steroid dienone is 1. The molecule has 2 rings (SSSR count). The first kappa shape index (κ1) is 15.5. The third-order valence-corrected chi connectivity index (χ3v) is 4.01. The fourth-order valence-corrected chi connectivity index (χ4v) is 2.72. The number of nitrogens with one attached hydrogen (secondary N) is 1. The quantitative estimate of drug-likeness (QED) is 0.600. The minimum absolute atomic E-state index is 0.0542. The zero-order chi connectivity index (χ0) is 14.0. The van der Waals surface area contributed by atoms with E-state index in [1.54, 1.807) is 0 Å². The number of ether oxygens (including phenoxy) is 2. The van der Waals surface area contributed by atoms with Crippen LogP contribution in [0.15, 0.2) is 12.2 Å². The lowest BCUT2D eigenvalue weighted by molar-refractivity contribution is -0.124. The number of hydrogen-bond acceptors (Lipinski definition) is 3. The van der Waals surface area contributed by atoms with Gasteiger partial charge in [0.05, 0.1) is 25.7 Å². The molecule has 4 nitrogen and oxygen atoms in total. The normalized spacial score (nSPS) is 28.6. The number of carbonyl (C=O) groups is 1. The zero-order valence-electron chi connectivity index (χ0n) is 12.3. The van der Waals surface area contributed by atoms with Gasteiger partial charge in [0.1, 0.15) is 0 Å². The van der Waals surface area contributed by atoms with Crippen molar-refractivity contribution < 1.29 is 14.3 Å². The van der Waals surface area contributed by atoms with Crippen LogP contribution in [0.4, 0.5) is 0 Å². The largest absolute Gasteiger partial charge is 0.381 e. The summed E-state index contributed by atoms with van der Waals surface area (Å²) in [7, 11) is 0. The molecule has 1 aliphatic heterocycles. The minimum Gasteiger partial charge on any atom is -0.381 e. The van der Waals surface area contributed by atoms with Crippen LogP contribution >= 0.6 is 0 Å². The van der Waals surface area contributed by atoms with Crippen LogP contribution < -0.4 is 5.32 Å². The predicted octanol–water partition coefficient (Wildman–Crippen LogP) is 2.29. The molecule has 0 bridgehead atoms. The highest BCUT2D eigenvalue weighted by Crippen LogP contribution is 2.17. The highest BCUT2D eigenvalue weighted by molar-refractivity contribution is 5.80. The molecule has 1 saturated heterocycles. The van der Waals surface area contributed by atoms with Gasteiger partial charge in [-0.15, -0.1) is 0 Å². The molecule has 20 heavy (non-hydrogen) atoms. The van der Waals surface area contributed by atoms with Crippen LogP contribution in [0.3, 0.4) is 0 Å². The molecular weight excluding hydrogens is 254 g/mol. The Bertz CT molecular complexity index is 311. The molecule has 4 heteroatoms. The summed E-state index contributed by atoms with van der Waals surface area (Å²) >= 11 is 0. The molecule has 114 valence electrons. The van der Waals surface area contributed by atoms with Gasteiger partial charge in [-0.2, -0.15) is 0 Å². The number of hydrogen-bond donors (Lipinski definition) is 1. The van der Waals surface area contributed by atoms with Crippen molar-refractivity contribution in [3.05, 3.63) is 12.2 Å². The minimum atomic E-state index is 0.0542. The molecule has 0 spiro atoms. The molecule has 0 aromatic carbocycles. The van der Waals surface area contributed by atoms with Crippen LogP contribution in [0.5, 0.6) is 0 Å². The lowest BCUT2D eigenvalue weighted by atomic mass is 9.96. The first-order valence-electron chi connectivity index (χ1n) is 7.96. The predicted molar refractivity (Wildman–Crippen MR) is 78.5 cm³/mol. The van der Waals surface area contributed by atoms with Crippen molar-refractivity contribution in [1.82, 2.24) is 5.32 Å². The smallest absolute Gasteiger partial charge is 0.226 e. The standard InChI is InChI=1S/C16H27NO3/c18-16(15-6-4-2-1-3-5-7-15)17-9-11-20-13-14-8-10-19-12-14/h4,6,14-15H,1-3,5,7-13H2,(H,17,18)/b6-4-. The summed E-state index contributed by atoms with van der Waals surface area (Å²) in [5.74, 6) is 0.744. The van der Waals surface area contributed by atoms with E-state index in [0.717, 1.165) is 45.5 Å². The third-order valence-electron chi connectivity index (χ3n) is 4.01. The SMILES string of the molecule is O=C(NCCOCC1CCOC1)C1/C=C\CCCCC1. The maximum absolute atomic E-state index is 12.0. The lowest BCUT2D eigenvalue weighted by Gasteiger charge is -2.15. The Morgan fingerprint density at radius 2 is 2.25 bits per heavy atom. The summed E-state index contributed by atoms with van der Waals surface area (Å²) in [4.78, 5) is 12.0. The summed E-state index contributed by atoms with van der Waals surface area (Å²) in [5, 5.41) is 2.98. The highest BCUT2D eigenvalue weighted by atomic mass is 16.5. The van der Waals surface area contributed by atoms with Crippen LogP contribution in [-0.2, 0) is 14.3 Å². The van der Waals surface area contributed by atoms with Gasteiger partial charge < -0.3 is 14.8 Å². The van der Waals surface area contributed by atoms with Crippen LogP contribution in [0.2, 0.25) is 0 Å². The fourth-order valence-electron chi connectivity index (χ4n) is 2.72. The van der Waals surface area contributed by atoms with Gasteiger partial charge in [-0.1, -0.05) is 25.0 Å². The molecule has 1 amide bonds. The number of amides is 1. The summed E-state index contributed by atoms with van der Waals surface area (Å²) in [5.41, 5.74) is 0. The van der Waals surface area contributed by atoms with Crippen molar-refractivity contribution in [3.63, 3.8) is 0 Å². The van der Waals surface area contributed by atoms with Crippen molar-refractivity contribution >= 4 is 5.91 Å². The van der Waals surface area contributed by atoms with Gasteiger partial charge in [0.25, 0.3) is 0 Å². The zero-order valence-corrected chi connectivity index (χ0v) is 12.3. The van der Waals surface area contributed by atoms with Gasteiger partial charge in [0.2, 0.25) is 5.91 Å². The Morgan fingerprint density at radius 1 is 1.30 bits per heavy atom. The molecule has 0 saturated carbocycles. The monoisotopic (exact) mass is 281 g/mol. The van der Waals surface area contributed by atoms with E-state index in [1.807, 2.05) is 0 Å². The van der Waals surface area contributed by atoms with Gasteiger partial charge in [0, 0.05) is 19.1 Å². The Morgan fingerprint density at radius 3 is 3.10 bits per heavy atom. The summed E-state index contributed by atoms with van der Waals surface area (Å²) < 4.78 is 10.9. The average molecular weight is 281 g/mol. The summed E-state index contributed by atoms with van der Waals surface area (Å²) in [6, 6.07) is 0. The van der Waals surface area contributed by atoms with E-state index in [-0.39, 0.29) is 11.8 Å². The molecule has 2 atom stereocenters. The van der Waals surface area contributed by atoms with Crippen molar-refractivity contribution in [1.29, 1.82) is 0 Å². The molecule has 1 heterocycles. The van der Waals surface area contributed by atoms with E-state index in [1.165, 1.54) is 12.8 Å². The van der Waals surface area contributed by atoms with Crippen molar-refractivity contribution in [2.24, 2.45) is 11.8 Å². The lowest BCUT2D eigenvalue weighted by Crippen LogP contribution is -2.33. The van der Waals surface area contributed by atoms with Crippen LogP contribution in [0.1, 0.15) is 38.5 Å². The van der Waals surface area contributed by atoms with Gasteiger partial charge in [-0.25, -0.2) is 0 Å². The summed E-state index contributed by atoms with van der Waals surface area (Å²) in [6.45, 7) is 3.63. The van der Waals surface area contributed by atoms with E-state index < -0.39 is 0 Å². The molecule has 1 fully saturated rings. The van der Waals surface area contributed by atoms with Crippen LogP contribution in [0, 0.1) is 11.8 Å². The molecular formula is C16H27NO3. The van der Waals surface area contributed by atoms with E-state index >= 15 is 0 Å². The third kappa shape index (κ3) is 5.63. The highest BCUT2D eigenvalue weighted by Gasteiger charge is 2.17. The molecule has 0 radical (unpaired) electrons. The van der Waals surface area contributed by atoms with Crippen molar-refractivity contribution in [2.75, 3.05) is 33.0 Å². The van der Waals surface area contributed by atoms with Crippen molar-refractivity contribution in [2.45, 2.75) is 38.5 Å². The molecule has 1 aliphatic carbocycles. The number of rotatable bonds is 6. The maximum Gasteiger partial charge on any atom is 0.226 e. The molecule has 1 N–H and O–H groups in total. The van der Waals surface area contributed by atoms with Gasteiger partial charge >= 0.3 is 0 Å². The first-order chi connectivity index (χ1) is 9.86. The molecule has 2 aliphatic rings. The van der Waals surface area contributed by atoms with Crippen LogP contribution in [-0.4, -0.2) is 38.9 Å². The van der Waals surface area contributed by atoms with E-state index in [9.17, 15) is 4.79 Å². The van der Waals surface area contributed by atoms with E-state index in [4.69, 9.17) is 9.47 Å². The van der Waals surface area contributed by atoms with Gasteiger partial charge in [-0.05, 0) is 25.7 Å². The van der Waals surface area contributed by atoms with Crippen molar-refractivity contribution in [3.8, 4) is 0 Å². The van der Waals surface area contributed by atoms with E-state index in [0.29, 0.717) is 19.1 Å². The van der Waals surface area contributed by atoms with E-state index in [2.05, 4.69) is 17.5 Å². The fraction of sp³-hybridized carbons (Fsp3) is 0.812. The maximum atomic E-state index is 12.0. The Balaban J connectivity index is 1.55. The molecule has 0 aromatic rings. The second kappa shape index (κ2) is 9.14. The van der Waals surface area contributed by atoms with Crippen LogP contribution in [0.25, 0.3) is 0 Å². The Kier molecular flexibility index (Phi) is 7.09. The molecule has 0 aromatic heterocycles. The second-order valence-electron chi connectivity index (χ2n) is 5.77. The Labute approximate surface area is 121 Å². The number of carbonyl (C=O) groups excluding carboxylic acids is 1. The van der Waals surface area contributed by atoms with Gasteiger partial charge in [0.15, 0.2) is 0 Å². The topological polar surface area (TPSA) is 47.6 Å². The first-order valence-corrected chi connectivity index (χ1v) is 7.96. The second-order valence-corrected chi connectivity index (χ2v) is 5.77. The average Bonchev–Trinajstić information content (AvgIpc) is 2.91. The summed E-state index contributed by atoms with van der Waals surface area (Å²) in [6.07, 6.45) is 11.0. The Hall–Kier alpha value is -0.870. The van der Waals surface area contributed by atoms with Gasteiger partial charge in [-0.3, -0.25) is 4.79 Å². The molecule has 2 unspecified atom stereocenters.